The minimum Gasteiger partial charge on any atom is -0.368 e. The van der Waals surface area contributed by atoms with E-state index >= 15 is 0 Å². The smallest absolute Gasteiger partial charge is 0.0413 e. The zero-order valence-corrected chi connectivity index (χ0v) is 14.5. The molecule has 0 saturated carbocycles. The van der Waals surface area contributed by atoms with Crippen molar-refractivity contribution in [1.82, 2.24) is 10.2 Å². The zero-order valence-electron chi connectivity index (χ0n) is 13.7. The SMILES string of the molecule is CCCNCc1cc(Cl)ccc1N1CC(C)N(C)C(C)C1. The Morgan fingerprint density at radius 3 is 2.52 bits per heavy atom. The van der Waals surface area contributed by atoms with Gasteiger partial charge in [-0.25, -0.2) is 0 Å². The van der Waals surface area contributed by atoms with E-state index in [0.717, 1.165) is 37.6 Å². The summed E-state index contributed by atoms with van der Waals surface area (Å²) >= 11 is 6.19. The van der Waals surface area contributed by atoms with E-state index in [0.29, 0.717) is 12.1 Å². The van der Waals surface area contributed by atoms with Gasteiger partial charge in [-0.15, -0.1) is 0 Å². The maximum absolute atomic E-state index is 6.19. The molecule has 0 bridgehead atoms. The van der Waals surface area contributed by atoms with Crippen molar-refractivity contribution < 1.29 is 0 Å². The molecule has 0 aromatic heterocycles. The van der Waals surface area contributed by atoms with E-state index in [1.807, 2.05) is 6.07 Å². The van der Waals surface area contributed by atoms with Gasteiger partial charge in [0.25, 0.3) is 0 Å². The van der Waals surface area contributed by atoms with E-state index in [-0.39, 0.29) is 0 Å². The first-order valence-corrected chi connectivity index (χ1v) is 8.36. The lowest BCUT2D eigenvalue weighted by molar-refractivity contribution is 0.170. The number of rotatable bonds is 5. The van der Waals surface area contributed by atoms with Crippen LogP contribution < -0.4 is 10.2 Å². The summed E-state index contributed by atoms with van der Waals surface area (Å²) in [5.41, 5.74) is 2.63. The summed E-state index contributed by atoms with van der Waals surface area (Å²) in [4.78, 5) is 4.97. The second kappa shape index (κ2) is 7.48. The highest BCUT2D eigenvalue weighted by molar-refractivity contribution is 6.30. The van der Waals surface area contributed by atoms with Crippen molar-refractivity contribution in [2.45, 2.75) is 45.8 Å². The number of nitrogens with zero attached hydrogens (tertiary/aromatic N) is 2. The van der Waals surface area contributed by atoms with Crippen LogP contribution in [-0.4, -0.2) is 43.7 Å². The van der Waals surface area contributed by atoms with Gasteiger partial charge in [0.1, 0.15) is 0 Å². The number of halogens is 1. The standard InChI is InChI=1S/C17H28ClN3/c1-5-8-19-10-15-9-16(18)6-7-17(15)21-11-13(2)20(4)14(3)12-21/h6-7,9,13-14,19H,5,8,10-12H2,1-4H3. The average molecular weight is 310 g/mol. The van der Waals surface area contributed by atoms with Crippen molar-refractivity contribution in [1.29, 1.82) is 0 Å². The summed E-state index contributed by atoms with van der Waals surface area (Å²) in [5, 5.41) is 4.32. The van der Waals surface area contributed by atoms with Crippen molar-refractivity contribution in [3.63, 3.8) is 0 Å². The Balaban J connectivity index is 2.18. The first kappa shape index (κ1) is 16.6. The van der Waals surface area contributed by atoms with Crippen molar-refractivity contribution in [2.24, 2.45) is 0 Å². The number of hydrogen-bond acceptors (Lipinski definition) is 3. The Morgan fingerprint density at radius 1 is 1.24 bits per heavy atom. The first-order valence-electron chi connectivity index (χ1n) is 7.99. The highest BCUT2D eigenvalue weighted by atomic mass is 35.5. The highest BCUT2D eigenvalue weighted by Gasteiger charge is 2.27. The molecule has 1 fully saturated rings. The summed E-state index contributed by atoms with van der Waals surface area (Å²) in [6, 6.07) is 7.43. The Bertz CT molecular complexity index is 451. The molecule has 1 N–H and O–H groups in total. The summed E-state index contributed by atoms with van der Waals surface area (Å²) < 4.78 is 0. The van der Waals surface area contributed by atoms with E-state index in [1.54, 1.807) is 0 Å². The summed E-state index contributed by atoms with van der Waals surface area (Å²) in [7, 11) is 2.22. The van der Waals surface area contributed by atoms with Crippen LogP contribution in [0.15, 0.2) is 18.2 Å². The van der Waals surface area contributed by atoms with Gasteiger partial charge in [-0.3, -0.25) is 4.90 Å². The first-order chi connectivity index (χ1) is 10.0. The van der Waals surface area contributed by atoms with Crippen molar-refractivity contribution in [3.8, 4) is 0 Å². The summed E-state index contributed by atoms with van der Waals surface area (Å²) in [5.74, 6) is 0. The maximum Gasteiger partial charge on any atom is 0.0413 e. The minimum absolute atomic E-state index is 0.570. The number of anilines is 1. The van der Waals surface area contributed by atoms with Crippen LogP contribution in [0.4, 0.5) is 5.69 Å². The third kappa shape index (κ3) is 4.12. The number of hydrogen-bond donors (Lipinski definition) is 1. The summed E-state index contributed by atoms with van der Waals surface area (Å²) in [6.07, 6.45) is 1.15. The lowest BCUT2D eigenvalue weighted by Crippen LogP contribution is -2.55. The Kier molecular flexibility index (Phi) is 5.91. The van der Waals surface area contributed by atoms with Crippen LogP contribution in [0.2, 0.25) is 5.02 Å². The van der Waals surface area contributed by atoms with Crippen LogP contribution in [0.25, 0.3) is 0 Å². The predicted octanol–water partition coefficient (Wildman–Crippen LogP) is 3.37. The molecular weight excluding hydrogens is 282 g/mol. The molecule has 1 aromatic carbocycles. The summed E-state index contributed by atoms with van der Waals surface area (Å²) in [6.45, 7) is 10.9. The second-order valence-corrected chi connectivity index (χ2v) is 6.65. The fraction of sp³-hybridized carbons (Fsp3) is 0.647. The van der Waals surface area contributed by atoms with Crippen LogP contribution in [0.1, 0.15) is 32.8 Å². The topological polar surface area (TPSA) is 18.5 Å². The largest absolute Gasteiger partial charge is 0.368 e. The molecule has 21 heavy (non-hydrogen) atoms. The molecule has 4 heteroatoms. The third-order valence-electron chi connectivity index (χ3n) is 4.48. The van der Waals surface area contributed by atoms with Crippen LogP contribution >= 0.6 is 11.6 Å². The molecule has 118 valence electrons. The average Bonchev–Trinajstić information content (AvgIpc) is 2.45. The highest BCUT2D eigenvalue weighted by Crippen LogP contribution is 2.27. The van der Waals surface area contributed by atoms with Gasteiger partial charge in [0.2, 0.25) is 0 Å². The van der Waals surface area contributed by atoms with Gasteiger partial charge in [0.15, 0.2) is 0 Å². The van der Waals surface area contributed by atoms with Crippen molar-refractivity contribution in [3.05, 3.63) is 28.8 Å². The second-order valence-electron chi connectivity index (χ2n) is 6.22. The molecule has 1 aliphatic heterocycles. The molecule has 3 nitrogen and oxygen atoms in total. The molecule has 0 aliphatic carbocycles. The van der Waals surface area contributed by atoms with Crippen molar-refractivity contribution >= 4 is 17.3 Å². The minimum atomic E-state index is 0.570. The molecule has 0 spiro atoms. The van der Waals surface area contributed by atoms with Gasteiger partial charge in [0, 0.05) is 42.4 Å². The van der Waals surface area contributed by atoms with E-state index < -0.39 is 0 Å². The molecule has 1 heterocycles. The molecule has 2 atom stereocenters. The molecule has 1 saturated heterocycles. The molecule has 0 radical (unpaired) electrons. The Hall–Kier alpha value is -0.770. The van der Waals surface area contributed by atoms with Crippen LogP contribution in [0.5, 0.6) is 0 Å². The molecule has 0 amide bonds. The lowest BCUT2D eigenvalue weighted by Gasteiger charge is -2.44. The Labute approximate surface area is 134 Å². The number of benzene rings is 1. The molecule has 2 unspecified atom stereocenters. The molecular formula is C17H28ClN3. The monoisotopic (exact) mass is 309 g/mol. The number of likely N-dealkylation sites (N-methyl/N-ethyl adjacent to an activating group) is 1. The third-order valence-corrected chi connectivity index (χ3v) is 4.72. The van der Waals surface area contributed by atoms with E-state index in [9.17, 15) is 0 Å². The van der Waals surface area contributed by atoms with E-state index in [4.69, 9.17) is 11.6 Å². The number of piperazine rings is 1. The van der Waals surface area contributed by atoms with Crippen LogP contribution in [0.3, 0.4) is 0 Å². The van der Waals surface area contributed by atoms with Gasteiger partial charge < -0.3 is 10.2 Å². The van der Waals surface area contributed by atoms with Crippen LogP contribution in [-0.2, 0) is 6.54 Å². The van der Waals surface area contributed by atoms with Gasteiger partial charge >= 0.3 is 0 Å². The zero-order chi connectivity index (χ0) is 15.4. The van der Waals surface area contributed by atoms with Crippen LogP contribution in [0, 0.1) is 0 Å². The fourth-order valence-electron chi connectivity index (χ4n) is 3.01. The van der Waals surface area contributed by atoms with E-state index in [2.05, 4.69) is 55.1 Å². The lowest BCUT2D eigenvalue weighted by atomic mass is 10.1. The van der Waals surface area contributed by atoms with Gasteiger partial charge in [0.05, 0.1) is 0 Å². The van der Waals surface area contributed by atoms with E-state index in [1.165, 1.54) is 11.3 Å². The van der Waals surface area contributed by atoms with Gasteiger partial charge in [-0.2, -0.15) is 0 Å². The maximum atomic E-state index is 6.19. The molecule has 1 aromatic rings. The molecule has 2 rings (SSSR count). The quantitative estimate of drug-likeness (QED) is 0.841. The van der Waals surface area contributed by atoms with Gasteiger partial charge in [-0.1, -0.05) is 18.5 Å². The van der Waals surface area contributed by atoms with Gasteiger partial charge in [-0.05, 0) is 57.6 Å². The molecule has 1 aliphatic rings. The van der Waals surface area contributed by atoms with Crippen molar-refractivity contribution in [2.75, 3.05) is 31.6 Å². The number of nitrogens with one attached hydrogen (secondary N) is 1. The normalized spacial score (nSPS) is 23.6. The Morgan fingerprint density at radius 2 is 1.90 bits per heavy atom. The fourth-order valence-corrected chi connectivity index (χ4v) is 3.20. The predicted molar refractivity (Wildman–Crippen MR) is 92.3 cm³/mol.